The number of hydrogen-bond acceptors (Lipinski definition) is 3. The van der Waals surface area contributed by atoms with E-state index in [1.54, 1.807) is 6.07 Å². The lowest BCUT2D eigenvalue weighted by atomic mass is 10.1. The van der Waals surface area contributed by atoms with E-state index in [1.807, 2.05) is 18.7 Å². The van der Waals surface area contributed by atoms with Crippen molar-refractivity contribution in [3.8, 4) is 0 Å². The van der Waals surface area contributed by atoms with Gasteiger partial charge in [0, 0.05) is 13.0 Å². The molecule has 0 fully saturated rings. The Kier molecular flexibility index (Phi) is 4.88. The van der Waals surface area contributed by atoms with Crippen molar-refractivity contribution < 1.29 is 4.39 Å². The maximum atomic E-state index is 13.0. The van der Waals surface area contributed by atoms with E-state index < -0.39 is 0 Å². The fourth-order valence-corrected chi connectivity index (χ4v) is 2.65. The van der Waals surface area contributed by atoms with E-state index in [1.165, 1.54) is 12.3 Å². The first kappa shape index (κ1) is 15.1. The highest BCUT2D eigenvalue weighted by molar-refractivity contribution is 9.10. The van der Waals surface area contributed by atoms with Crippen molar-refractivity contribution in [1.82, 2.24) is 20.1 Å². The highest BCUT2D eigenvalue weighted by Crippen LogP contribution is 2.26. The van der Waals surface area contributed by atoms with Crippen molar-refractivity contribution in [2.24, 2.45) is 0 Å². The highest BCUT2D eigenvalue weighted by atomic mass is 79.9. The second-order valence-corrected chi connectivity index (χ2v) is 5.40. The lowest BCUT2D eigenvalue weighted by Crippen LogP contribution is -2.21. The Labute approximate surface area is 126 Å². The van der Waals surface area contributed by atoms with Crippen LogP contribution in [-0.4, -0.2) is 21.8 Å². The van der Waals surface area contributed by atoms with Gasteiger partial charge in [0.25, 0.3) is 0 Å². The van der Waals surface area contributed by atoms with Gasteiger partial charge in [0.2, 0.25) is 0 Å². The normalized spacial score (nSPS) is 12.7. The van der Waals surface area contributed by atoms with Gasteiger partial charge in [0.15, 0.2) is 0 Å². The molecule has 1 N–H and O–H groups in total. The molecule has 108 valence electrons. The van der Waals surface area contributed by atoms with Crippen molar-refractivity contribution in [3.05, 3.63) is 45.7 Å². The summed E-state index contributed by atoms with van der Waals surface area (Å²) in [6.07, 6.45) is 1.99. The fourth-order valence-electron chi connectivity index (χ4n) is 2.21. The van der Waals surface area contributed by atoms with E-state index in [4.69, 9.17) is 0 Å². The quantitative estimate of drug-likeness (QED) is 0.909. The maximum absolute atomic E-state index is 13.0. The number of nitrogens with one attached hydrogen (secondary N) is 1. The van der Waals surface area contributed by atoms with Crippen LogP contribution in [0.4, 0.5) is 4.39 Å². The Hall–Kier alpha value is -1.27. The van der Waals surface area contributed by atoms with E-state index in [2.05, 4.69) is 38.3 Å². The standard InChI is InChI=1S/C14H18BrFN4/c1-4-20-13(14(15)9(2)19-20)7-12(17-3)11-6-5-10(16)8-18-11/h5-6,8,12,17H,4,7H2,1-3H3. The zero-order valence-electron chi connectivity index (χ0n) is 11.8. The molecule has 2 heterocycles. The first-order valence-corrected chi connectivity index (χ1v) is 7.36. The highest BCUT2D eigenvalue weighted by Gasteiger charge is 2.18. The molecule has 2 rings (SSSR count). The predicted molar refractivity (Wildman–Crippen MR) is 80.0 cm³/mol. The van der Waals surface area contributed by atoms with Crippen LogP contribution < -0.4 is 5.32 Å². The summed E-state index contributed by atoms with van der Waals surface area (Å²) < 4.78 is 16.0. The average Bonchev–Trinajstić information content (AvgIpc) is 2.73. The molecular formula is C14H18BrFN4. The molecular weight excluding hydrogens is 323 g/mol. The average molecular weight is 341 g/mol. The van der Waals surface area contributed by atoms with Crippen LogP contribution in [0.5, 0.6) is 0 Å². The number of nitrogens with zero attached hydrogens (tertiary/aromatic N) is 3. The monoisotopic (exact) mass is 340 g/mol. The van der Waals surface area contributed by atoms with Gasteiger partial charge in [0.05, 0.1) is 33.8 Å². The van der Waals surface area contributed by atoms with Crippen molar-refractivity contribution >= 4 is 15.9 Å². The van der Waals surface area contributed by atoms with Crippen molar-refractivity contribution in [2.45, 2.75) is 32.9 Å². The molecule has 0 radical (unpaired) electrons. The molecule has 0 aliphatic heterocycles. The Bertz CT molecular complexity index is 580. The van der Waals surface area contributed by atoms with Gasteiger partial charge in [-0.1, -0.05) is 0 Å². The van der Waals surface area contributed by atoms with Crippen LogP contribution in [0.1, 0.15) is 30.0 Å². The largest absolute Gasteiger partial charge is 0.311 e. The molecule has 0 saturated carbocycles. The fraction of sp³-hybridized carbons (Fsp3) is 0.429. The van der Waals surface area contributed by atoms with E-state index in [9.17, 15) is 4.39 Å². The Morgan fingerprint density at radius 2 is 2.20 bits per heavy atom. The summed E-state index contributed by atoms with van der Waals surface area (Å²) in [4.78, 5) is 4.16. The topological polar surface area (TPSA) is 42.7 Å². The van der Waals surface area contributed by atoms with Gasteiger partial charge in [-0.3, -0.25) is 9.67 Å². The van der Waals surface area contributed by atoms with Crippen molar-refractivity contribution in [2.75, 3.05) is 7.05 Å². The first-order chi connectivity index (χ1) is 9.56. The number of pyridine rings is 1. The molecule has 0 amide bonds. The third-order valence-electron chi connectivity index (χ3n) is 3.31. The van der Waals surface area contributed by atoms with Gasteiger partial charge >= 0.3 is 0 Å². The minimum absolute atomic E-state index is 0.0216. The second kappa shape index (κ2) is 6.45. The van der Waals surface area contributed by atoms with Gasteiger partial charge < -0.3 is 5.32 Å². The number of hydrogen-bond donors (Lipinski definition) is 1. The molecule has 2 aromatic rings. The second-order valence-electron chi connectivity index (χ2n) is 4.61. The van der Waals surface area contributed by atoms with Crippen LogP contribution in [0.15, 0.2) is 22.8 Å². The van der Waals surface area contributed by atoms with Crippen LogP contribution in [0, 0.1) is 12.7 Å². The Morgan fingerprint density at radius 3 is 2.75 bits per heavy atom. The summed E-state index contributed by atoms with van der Waals surface area (Å²) in [5, 5.41) is 7.71. The summed E-state index contributed by atoms with van der Waals surface area (Å²) in [5.41, 5.74) is 2.92. The van der Waals surface area contributed by atoms with Crippen LogP contribution in [-0.2, 0) is 13.0 Å². The molecule has 0 aliphatic carbocycles. The minimum atomic E-state index is -0.320. The number of aryl methyl sites for hydroxylation is 2. The molecule has 0 saturated heterocycles. The number of rotatable bonds is 5. The first-order valence-electron chi connectivity index (χ1n) is 6.57. The SMILES string of the molecule is CCn1nc(C)c(Br)c1CC(NC)c1ccc(F)cn1. The third kappa shape index (κ3) is 3.07. The van der Waals surface area contributed by atoms with E-state index >= 15 is 0 Å². The van der Waals surface area contributed by atoms with Gasteiger partial charge in [-0.15, -0.1) is 0 Å². The number of aromatic nitrogens is 3. The molecule has 0 aromatic carbocycles. The molecule has 0 aliphatic rings. The number of halogens is 2. The van der Waals surface area contributed by atoms with E-state index in [-0.39, 0.29) is 11.9 Å². The van der Waals surface area contributed by atoms with Crippen LogP contribution in [0.2, 0.25) is 0 Å². The summed E-state index contributed by atoms with van der Waals surface area (Å²) >= 11 is 3.59. The lowest BCUT2D eigenvalue weighted by Gasteiger charge is -2.16. The van der Waals surface area contributed by atoms with Gasteiger partial charge in [-0.25, -0.2) is 4.39 Å². The maximum Gasteiger partial charge on any atom is 0.141 e. The van der Waals surface area contributed by atoms with Crippen LogP contribution >= 0.6 is 15.9 Å². The minimum Gasteiger partial charge on any atom is -0.311 e. The molecule has 1 atom stereocenters. The zero-order valence-corrected chi connectivity index (χ0v) is 13.4. The molecule has 2 aromatic heterocycles. The van der Waals surface area contributed by atoms with E-state index in [0.29, 0.717) is 0 Å². The molecule has 6 heteroatoms. The van der Waals surface area contributed by atoms with Gasteiger partial charge in [-0.2, -0.15) is 5.10 Å². The third-order valence-corrected chi connectivity index (χ3v) is 4.34. The van der Waals surface area contributed by atoms with Crippen molar-refractivity contribution in [3.63, 3.8) is 0 Å². The van der Waals surface area contributed by atoms with Gasteiger partial charge in [0.1, 0.15) is 5.82 Å². The van der Waals surface area contributed by atoms with Crippen LogP contribution in [0.3, 0.4) is 0 Å². The molecule has 4 nitrogen and oxygen atoms in total. The predicted octanol–water partition coefficient (Wildman–Crippen LogP) is 3.01. The van der Waals surface area contributed by atoms with Crippen molar-refractivity contribution in [1.29, 1.82) is 0 Å². The molecule has 1 unspecified atom stereocenters. The summed E-state index contributed by atoms with van der Waals surface area (Å²) in [6.45, 7) is 4.85. The number of likely N-dealkylation sites (N-methyl/N-ethyl adjacent to an activating group) is 1. The van der Waals surface area contributed by atoms with E-state index in [0.717, 1.165) is 34.5 Å². The lowest BCUT2D eigenvalue weighted by molar-refractivity contribution is 0.527. The Morgan fingerprint density at radius 1 is 1.45 bits per heavy atom. The molecule has 20 heavy (non-hydrogen) atoms. The van der Waals surface area contributed by atoms with Crippen LogP contribution in [0.25, 0.3) is 0 Å². The summed E-state index contributed by atoms with van der Waals surface area (Å²) in [6, 6.07) is 3.17. The molecule has 0 spiro atoms. The zero-order chi connectivity index (χ0) is 14.7. The summed E-state index contributed by atoms with van der Waals surface area (Å²) in [7, 11) is 1.88. The summed E-state index contributed by atoms with van der Waals surface area (Å²) in [5.74, 6) is -0.320. The Balaban J connectivity index is 2.28. The smallest absolute Gasteiger partial charge is 0.141 e. The van der Waals surface area contributed by atoms with Gasteiger partial charge in [-0.05, 0) is 49.0 Å². The molecule has 0 bridgehead atoms.